The summed E-state index contributed by atoms with van der Waals surface area (Å²) in [4.78, 5) is 0. The molecular weight excluding hydrogens is 309 g/mol. The highest BCUT2D eigenvalue weighted by atomic mass is 32.2. The number of nitrogens with zero attached hydrogens (tertiary/aromatic N) is 3. The lowest BCUT2D eigenvalue weighted by atomic mass is 10.2. The zero-order valence-corrected chi connectivity index (χ0v) is 13.3. The Morgan fingerprint density at radius 1 is 1.04 bits per heavy atom. The standard InChI is InChI=1S/C18H16FN3S/c1-2-12-22-17(15-8-10-16(19)11-9-15)20-21-18(22)23-13-14-6-4-3-5-7-14/h2-11H,1,12-13H2. The molecule has 3 aromatic rings. The van der Waals surface area contributed by atoms with Crippen molar-refractivity contribution in [2.45, 2.75) is 17.5 Å². The largest absolute Gasteiger partial charge is 0.298 e. The maximum absolute atomic E-state index is 13.1. The number of thioether (sulfide) groups is 1. The highest BCUT2D eigenvalue weighted by Gasteiger charge is 2.13. The van der Waals surface area contributed by atoms with Gasteiger partial charge in [0.25, 0.3) is 0 Å². The van der Waals surface area contributed by atoms with E-state index in [9.17, 15) is 4.39 Å². The lowest BCUT2D eigenvalue weighted by Gasteiger charge is -2.07. The molecule has 5 heteroatoms. The lowest BCUT2D eigenvalue weighted by Crippen LogP contribution is -2.00. The van der Waals surface area contributed by atoms with Crippen LogP contribution >= 0.6 is 11.8 Å². The molecule has 0 radical (unpaired) electrons. The summed E-state index contributed by atoms with van der Waals surface area (Å²) in [6, 6.07) is 16.5. The normalized spacial score (nSPS) is 10.7. The first-order valence-corrected chi connectivity index (χ1v) is 8.23. The smallest absolute Gasteiger partial charge is 0.192 e. The van der Waals surface area contributed by atoms with Crippen molar-refractivity contribution in [3.05, 3.63) is 78.6 Å². The van der Waals surface area contributed by atoms with Crippen molar-refractivity contribution >= 4 is 11.8 Å². The van der Waals surface area contributed by atoms with Gasteiger partial charge in [-0.25, -0.2) is 4.39 Å². The van der Waals surface area contributed by atoms with E-state index in [0.717, 1.165) is 22.3 Å². The lowest BCUT2D eigenvalue weighted by molar-refractivity contribution is 0.628. The minimum absolute atomic E-state index is 0.262. The topological polar surface area (TPSA) is 30.7 Å². The number of rotatable bonds is 6. The van der Waals surface area contributed by atoms with Gasteiger partial charge in [-0.3, -0.25) is 4.57 Å². The van der Waals surface area contributed by atoms with Crippen LogP contribution in [0.5, 0.6) is 0 Å². The average Bonchev–Trinajstić information content (AvgIpc) is 2.98. The van der Waals surface area contributed by atoms with Crippen LogP contribution in [0.25, 0.3) is 11.4 Å². The predicted octanol–water partition coefficient (Wildman–Crippen LogP) is 4.56. The quantitative estimate of drug-likeness (QED) is 0.491. The van der Waals surface area contributed by atoms with E-state index in [1.54, 1.807) is 23.9 Å². The van der Waals surface area contributed by atoms with Gasteiger partial charge in [-0.2, -0.15) is 0 Å². The number of hydrogen-bond acceptors (Lipinski definition) is 3. The van der Waals surface area contributed by atoms with E-state index < -0.39 is 0 Å². The molecule has 0 aliphatic rings. The van der Waals surface area contributed by atoms with Crippen molar-refractivity contribution in [2.75, 3.05) is 0 Å². The Bertz CT molecular complexity index is 782. The highest BCUT2D eigenvalue weighted by molar-refractivity contribution is 7.98. The third-order valence-electron chi connectivity index (χ3n) is 3.34. The highest BCUT2D eigenvalue weighted by Crippen LogP contribution is 2.26. The molecule has 0 spiro atoms. The van der Waals surface area contributed by atoms with Crippen molar-refractivity contribution in [1.29, 1.82) is 0 Å². The fraction of sp³-hybridized carbons (Fsp3) is 0.111. The van der Waals surface area contributed by atoms with Crippen molar-refractivity contribution in [3.8, 4) is 11.4 Å². The van der Waals surface area contributed by atoms with E-state index >= 15 is 0 Å². The Balaban J connectivity index is 1.86. The molecule has 0 bridgehead atoms. The maximum atomic E-state index is 13.1. The van der Waals surface area contributed by atoms with Gasteiger partial charge in [0.1, 0.15) is 5.82 Å². The molecule has 0 fully saturated rings. The number of benzene rings is 2. The first kappa shape index (κ1) is 15.5. The molecule has 0 amide bonds. The van der Waals surface area contributed by atoms with Gasteiger partial charge in [0.15, 0.2) is 11.0 Å². The van der Waals surface area contributed by atoms with Crippen LogP contribution in [-0.4, -0.2) is 14.8 Å². The summed E-state index contributed by atoms with van der Waals surface area (Å²) in [5.41, 5.74) is 2.07. The van der Waals surface area contributed by atoms with Crippen LogP contribution in [0, 0.1) is 5.82 Å². The molecule has 0 aliphatic heterocycles. The third-order valence-corrected chi connectivity index (χ3v) is 4.38. The molecule has 3 nitrogen and oxygen atoms in total. The molecule has 1 aromatic heterocycles. The minimum Gasteiger partial charge on any atom is -0.298 e. The molecule has 0 unspecified atom stereocenters. The summed E-state index contributed by atoms with van der Waals surface area (Å²) in [5, 5.41) is 9.38. The second-order valence-electron chi connectivity index (χ2n) is 4.99. The van der Waals surface area contributed by atoms with Crippen LogP contribution in [0.4, 0.5) is 4.39 Å². The van der Waals surface area contributed by atoms with E-state index in [1.165, 1.54) is 17.7 Å². The third kappa shape index (κ3) is 3.68. The molecule has 0 N–H and O–H groups in total. The Morgan fingerprint density at radius 2 is 1.78 bits per heavy atom. The summed E-state index contributed by atoms with van der Waals surface area (Å²) in [6.45, 7) is 4.41. The Labute approximate surface area is 138 Å². The number of allylic oxidation sites excluding steroid dienone is 1. The maximum Gasteiger partial charge on any atom is 0.192 e. The molecule has 23 heavy (non-hydrogen) atoms. The van der Waals surface area contributed by atoms with Gasteiger partial charge in [-0.1, -0.05) is 48.2 Å². The molecule has 3 rings (SSSR count). The molecule has 0 saturated carbocycles. The predicted molar refractivity (Wildman–Crippen MR) is 91.6 cm³/mol. The van der Waals surface area contributed by atoms with Crippen molar-refractivity contribution in [1.82, 2.24) is 14.8 Å². The summed E-state index contributed by atoms with van der Waals surface area (Å²) in [6.07, 6.45) is 1.81. The molecule has 0 saturated heterocycles. The van der Waals surface area contributed by atoms with Crippen LogP contribution in [0.1, 0.15) is 5.56 Å². The summed E-state index contributed by atoms with van der Waals surface area (Å²) in [7, 11) is 0. The fourth-order valence-electron chi connectivity index (χ4n) is 2.22. The van der Waals surface area contributed by atoms with Gasteiger partial charge >= 0.3 is 0 Å². The summed E-state index contributed by atoms with van der Waals surface area (Å²) in [5.74, 6) is 1.28. The van der Waals surface area contributed by atoms with Crippen molar-refractivity contribution < 1.29 is 4.39 Å². The summed E-state index contributed by atoms with van der Waals surface area (Å²) < 4.78 is 15.1. The van der Waals surface area contributed by atoms with Crippen LogP contribution in [0.3, 0.4) is 0 Å². The Hall–Kier alpha value is -2.40. The molecule has 2 aromatic carbocycles. The number of aromatic nitrogens is 3. The first-order chi connectivity index (χ1) is 11.3. The zero-order chi connectivity index (χ0) is 16.1. The zero-order valence-electron chi connectivity index (χ0n) is 12.5. The first-order valence-electron chi connectivity index (χ1n) is 7.24. The summed E-state index contributed by atoms with van der Waals surface area (Å²) >= 11 is 1.63. The molecule has 0 atom stereocenters. The van der Waals surface area contributed by atoms with E-state index in [2.05, 4.69) is 28.9 Å². The molecule has 1 heterocycles. The average molecular weight is 325 g/mol. The van der Waals surface area contributed by atoms with Gasteiger partial charge in [-0.05, 0) is 29.8 Å². The monoisotopic (exact) mass is 325 g/mol. The van der Waals surface area contributed by atoms with Crippen LogP contribution in [0.15, 0.2) is 72.4 Å². The van der Waals surface area contributed by atoms with Gasteiger partial charge in [-0.15, -0.1) is 16.8 Å². The fourth-order valence-corrected chi connectivity index (χ4v) is 3.13. The number of hydrogen-bond donors (Lipinski definition) is 0. The van der Waals surface area contributed by atoms with Crippen LogP contribution in [-0.2, 0) is 12.3 Å². The second kappa shape index (κ2) is 7.24. The van der Waals surface area contributed by atoms with E-state index in [4.69, 9.17) is 0 Å². The van der Waals surface area contributed by atoms with E-state index in [0.29, 0.717) is 6.54 Å². The molecule has 0 aliphatic carbocycles. The van der Waals surface area contributed by atoms with Gasteiger partial charge in [0, 0.05) is 17.9 Å². The van der Waals surface area contributed by atoms with Gasteiger partial charge in [0.2, 0.25) is 0 Å². The SMILES string of the molecule is C=CCn1c(SCc2ccccc2)nnc1-c1ccc(F)cc1. The van der Waals surface area contributed by atoms with Crippen LogP contribution < -0.4 is 0 Å². The van der Waals surface area contributed by atoms with Crippen LogP contribution in [0.2, 0.25) is 0 Å². The Morgan fingerprint density at radius 3 is 2.48 bits per heavy atom. The van der Waals surface area contributed by atoms with Gasteiger partial charge < -0.3 is 0 Å². The van der Waals surface area contributed by atoms with Gasteiger partial charge in [0.05, 0.1) is 0 Å². The van der Waals surface area contributed by atoms with Crippen molar-refractivity contribution in [2.24, 2.45) is 0 Å². The van der Waals surface area contributed by atoms with E-state index in [1.807, 2.05) is 28.8 Å². The van der Waals surface area contributed by atoms with E-state index in [-0.39, 0.29) is 5.82 Å². The molecule has 116 valence electrons. The number of halogens is 1. The minimum atomic E-state index is -0.262. The second-order valence-corrected chi connectivity index (χ2v) is 5.93. The molecular formula is C18H16FN3S. The Kier molecular flexibility index (Phi) is 4.88. The van der Waals surface area contributed by atoms with Crippen molar-refractivity contribution in [3.63, 3.8) is 0 Å².